The number of benzene rings is 4. The van der Waals surface area contributed by atoms with Gasteiger partial charge in [-0.05, 0) is 67.8 Å². The van der Waals surface area contributed by atoms with Gasteiger partial charge in [-0.2, -0.15) is 0 Å². The Kier molecular flexibility index (Phi) is 11.8. The van der Waals surface area contributed by atoms with Crippen molar-refractivity contribution < 1.29 is 22.7 Å². The predicted molar refractivity (Wildman–Crippen MR) is 183 cm³/mol. The fourth-order valence-corrected chi connectivity index (χ4v) is 6.58. The summed E-state index contributed by atoms with van der Waals surface area (Å²) in [7, 11) is -2.74. The number of methoxy groups -OCH3 is 1. The SMILES string of the molecule is CC[C@H](C)NC(=O)[C@H](Cc1ccccc1)N(Cc1cccc(Cl)c1)C(=O)CN(c1cccc(OC)c1)S(=O)(=O)c1ccc(C)cc1. The zero-order valence-corrected chi connectivity index (χ0v) is 28.1. The maximum Gasteiger partial charge on any atom is 0.264 e. The van der Waals surface area contributed by atoms with Crippen LogP contribution in [0.2, 0.25) is 5.02 Å². The number of nitrogens with one attached hydrogen (secondary N) is 1. The molecule has 4 aromatic rings. The van der Waals surface area contributed by atoms with E-state index < -0.39 is 28.5 Å². The van der Waals surface area contributed by atoms with E-state index in [-0.39, 0.29) is 35.5 Å². The molecule has 4 aromatic carbocycles. The number of nitrogens with zero attached hydrogens (tertiary/aromatic N) is 2. The summed E-state index contributed by atoms with van der Waals surface area (Å²) in [5, 5.41) is 3.52. The topological polar surface area (TPSA) is 96.0 Å². The number of anilines is 1. The third-order valence-electron chi connectivity index (χ3n) is 7.74. The standard InChI is InChI=1S/C36H40ClN3O5S/c1-5-27(3)38-36(42)34(22-28-11-7-6-8-12-28)39(24-29-13-9-14-30(37)21-29)35(41)25-40(31-15-10-16-32(23-31)45-4)46(43,44)33-19-17-26(2)18-20-33/h6-21,23,27,34H,5,22,24-25H2,1-4H3,(H,38,42)/t27-,34-/m0/s1. The second-order valence-electron chi connectivity index (χ2n) is 11.2. The van der Waals surface area contributed by atoms with Gasteiger partial charge < -0.3 is 15.0 Å². The minimum atomic E-state index is -4.22. The van der Waals surface area contributed by atoms with Gasteiger partial charge >= 0.3 is 0 Å². The predicted octanol–water partition coefficient (Wildman–Crippen LogP) is 6.41. The van der Waals surface area contributed by atoms with Crippen molar-refractivity contribution in [2.24, 2.45) is 0 Å². The lowest BCUT2D eigenvalue weighted by atomic mass is 10.0. The number of ether oxygens (including phenoxy) is 1. The van der Waals surface area contributed by atoms with E-state index in [2.05, 4.69) is 5.32 Å². The normalized spacial score (nSPS) is 12.5. The van der Waals surface area contributed by atoms with Crippen LogP contribution in [0.3, 0.4) is 0 Å². The van der Waals surface area contributed by atoms with Gasteiger partial charge in [0.25, 0.3) is 10.0 Å². The van der Waals surface area contributed by atoms with Crippen LogP contribution >= 0.6 is 11.6 Å². The Labute approximate surface area is 277 Å². The molecule has 0 aliphatic rings. The molecule has 1 N–H and O–H groups in total. The summed E-state index contributed by atoms with van der Waals surface area (Å²) in [5.41, 5.74) is 2.70. The number of hydrogen-bond donors (Lipinski definition) is 1. The van der Waals surface area contributed by atoms with Gasteiger partial charge in [-0.3, -0.25) is 13.9 Å². The highest BCUT2D eigenvalue weighted by atomic mass is 35.5. The van der Waals surface area contributed by atoms with Gasteiger partial charge in [0.05, 0.1) is 17.7 Å². The summed E-state index contributed by atoms with van der Waals surface area (Å²) in [6.45, 7) is 5.20. The highest BCUT2D eigenvalue weighted by molar-refractivity contribution is 7.92. The van der Waals surface area contributed by atoms with Gasteiger partial charge in [-0.15, -0.1) is 0 Å². The van der Waals surface area contributed by atoms with E-state index >= 15 is 0 Å². The number of halogens is 1. The minimum Gasteiger partial charge on any atom is -0.497 e. The Morgan fingerprint density at radius 2 is 1.57 bits per heavy atom. The monoisotopic (exact) mass is 661 g/mol. The summed E-state index contributed by atoms with van der Waals surface area (Å²) < 4.78 is 34.9. The molecule has 0 aliphatic heterocycles. The molecule has 0 spiro atoms. The van der Waals surface area contributed by atoms with Crippen LogP contribution in [0.15, 0.2) is 108 Å². The van der Waals surface area contributed by atoms with Crippen LogP contribution in [0, 0.1) is 6.92 Å². The average molecular weight is 662 g/mol. The first kappa shape index (κ1) is 34.5. The minimum absolute atomic E-state index is 0.0291. The zero-order chi connectivity index (χ0) is 33.3. The molecule has 0 unspecified atom stereocenters. The van der Waals surface area contributed by atoms with Crippen LogP contribution in [0.25, 0.3) is 0 Å². The Bertz CT molecular complexity index is 1730. The smallest absolute Gasteiger partial charge is 0.264 e. The molecule has 0 fully saturated rings. The number of aryl methyl sites for hydroxylation is 1. The Balaban J connectivity index is 1.82. The third-order valence-corrected chi connectivity index (χ3v) is 9.77. The van der Waals surface area contributed by atoms with Crippen LogP contribution in [0.5, 0.6) is 5.75 Å². The maximum absolute atomic E-state index is 14.6. The second-order valence-corrected chi connectivity index (χ2v) is 13.5. The van der Waals surface area contributed by atoms with Crippen molar-refractivity contribution in [2.75, 3.05) is 18.0 Å². The van der Waals surface area contributed by atoms with Crippen molar-refractivity contribution >= 4 is 39.1 Å². The van der Waals surface area contributed by atoms with Crippen molar-refractivity contribution in [1.29, 1.82) is 0 Å². The number of amides is 2. The maximum atomic E-state index is 14.6. The molecule has 10 heteroatoms. The van der Waals surface area contributed by atoms with E-state index in [1.54, 1.807) is 54.6 Å². The first-order valence-electron chi connectivity index (χ1n) is 15.1. The van der Waals surface area contributed by atoms with Gasteiger partial charge in [0.1, 0.15) is 18.3 Å². The summed E-state index contributed by atoms with van der Waals surface area (Å²) in [4.78, 5) is 30.0. The van der Waals surface area contributed by atoms with Gasteiger partial charge in [-0.25, -0.2) is 8.42 Å². The van der Waals surface area contributed by atoms with Gasteiger partial charge in [0, 0.05) is 30.1 Å². The van der Waals surface area contributed by atoms with Crippen LogP contribution in [-0.4, -0.2) is 50.9 Å². The van der Waals surface area contributed by atoms with E-state index in [1.807, 2.05) is 57.2 Å². The largest absolute Gasteiger partial charge is 0.497 e. The summed E-state index contributed by atoms with van der Waals surface area (Å²) in [5.74, 6) is -0.457. The fraction of sp³-hybridized carbons (Fsp3) is 0.278. The molecule has 0 saturated carbocycles. The number of sulfonamides is 1. The van der Waals surface area contributed by atoms with Gasteiger partial charge in [-0.1, -0.05) is 84.8 Å². The van der Waals surface area contributed by atoms with E-state index in [0.29, 0.717) is 22.8 Å². The fourth-order valence-electron chi connectivity index (χ4n) is 4.96. The highest BCUT2D eigenvalue weighted by Crippen LogP contribution is 2.28. The second kappa shape index (κ2) is 15.8. The van der Waals surface area contributed by atoms with E-state index in [9.17, 15) is 18.0 Å². The van der Waals surface area contributed by atoms with Crippen molar-refractivity contribution in [3.05, 3.63) is 125 Å². The molecule has 2 amide bonds. The molecule has 0 aromatic heterocycles. The molecule has 0 saturated heterocycles. The van der Waals surface area contributed by atoms with Crippen LogP contribution in [-0.2, 0) is 32.6 Å². The average Bonchev–Trinajstić information content (AvgIpc) is 3.05. The highest BCUT2D eigenvalue weighted by Gasteiger charge is 2.35. The van der Waals surface area contributed by atoms with E-state index in [0.717, 1.165) is 15.4 Å². The van der Waals surface area contributed by atoms with E-state index in [1.165, 1.54) is 24.1 Å². The van der Waals surface area contributed by atoms with Crippen LogP contribution in [0.4, 0.5) is 5.69 Å². The molecular weight excluding hydrogens is 622 g/mol. The lowest BCUT2D eigenvalue weighted by Crippen LogP contribution is -2.54. The van der Waals surface area contributed by atoms with Crippen molar-refractivity contribution in [2.45, 2.75) is 57.1 Å². The molecule has 8 nitrogen and oxygen atoms in total. The number of hydrogen-bond acceptors (Lipinski definition) is 5. The summed E-state index contributed by atoms with van der Waals surface area (Å²) >= 11 is 6.32. The van der Waals surface area contributed by atoms with Gasteiger partial charge in [0.2, 0.25) is 11.8 Å². The summed E-state index contributed by atoms with van der Waals surface area (Å²) in [6, 6.07) is 28.4. The molecule has 0 aliphatic carbocycles. The van der Waals surface area contributed by atoms with Gasteiger partial charge in [0.15, 0.2) is 0 Å². The number of carbonyl (C=O) groups excluding carboxylic acids is 2. The van der Waals surface area contributed by atoms with Crippen LogP contribution < -0.4 is 14.4 Å². The summed E-state index contributed by atoms with van der Waals surface area (Å²) in [6.07, 6.45) is 0.920. The molecule has 0 heterocycles. The molecule has 0 radical (unpaired) electrons. The van der Waals surface area contributed by atoms with Crippen molar-refractivity contribution in [3.8, 4) is 5.75 Å². The Hall–Kier alpha value is -4.34. The van der Waals surface area contributed by atoms with Crippen molar-refractivity contribution in [1.82, 2.24) is 10.2 Å². The molecule has 2 atom stereocenters. The zero-order valence-electron chi connectivity index (χ0n) is 26.5. The lowest BCUT2D eigenvalue weighted by molar-refractivity contribution is -0.140. The first-order valence-corrected chi connectivity index (χ1v) is 16.9. The molecule has 0 bridgehead atoms. The Morgan fingerprint density at radius 1 is 0.891 bits per heavy atom. The van der Waals surface area contributed by atoms with Crippen molar-refractivity contribution in [3.63, 3.8) is 0 Å². The molecule has 242 valence electrons. The Morgan fingerprint density at radius 3 is 2.22 bits per heavy atom. The van der Waals surface area contributed by atoms with E-state index in [4.69, 9.17) is 16.3 Å². The molecule has 4 rings (SSSR count). The molecule has 46 heavy (non-hydrogen) atoms. The quantitative estimate of drug-likeness (QED) is 0.169. The molecular formula is C36H40ClN3O5S. The number of carbonyl (C=O) groups is 2. The number of rotatable bonds is 14. The lowest BCUT2D eigenvalue weighted by Gasteiger charge is -2.34. The van der Waals surface area contributed by atoms with Crippen LogP contribution in [0.1, 0.15) is 37.0 Å². The first-order chi connectivity index (χ1) is 22.0. The third kappa shape index (κ3) is 8.89.